The van der Waals surface area contributed by atoms with Gasteiger partial charge in [-0.2, -0.15) is 9.55 Å². The van der Waals surface area contributed by atoms with Crippen molar-refractivity contribution >= 4 is 11.9 Å². The van der Waals surface area contributed by atoms with Gasteiger partial charge in [-0.3, -0.25) is 0 Å². The maximum absolute atomic E-state index is 11.7. The third-order valence-electron chi connectivity index (χ3n) is 2.69. The second kappa shape index (κ2) is 9.04. The first kappa shape index (κ1) is 18.0. The number of anilines is 1. The molecular weight excluding hydrogens is 350 g/mol. The predicted molar refractivity (Wildman–Crippen MR) is 75.5 cm³/mol. The number of hydrogen-bond donors (Lipinski definition) is 0. The van der Waals surface area contributed by atoms with Gasteiger partial charge in [-0.15, -0.1) is 0 Å². The Bertz CT molecular complexity index is 595. The molecule has 0 N–H and O–H groups in total. The molecule has 118 valence electrons. The SMILES string of the molecule is CN(C)c1ncnc(CCOC(=O)C[n+]2ccccc2)n1.[Br-]. The molecule has 0 aliphatic heterocycles. The molecule has 0 fully saturated rings. The van der Waals surface area contributed by atoms with E-state index in [1.165, 1.54) is 6.33 Å². The van der Waals surface area contributed by atoms with Crippen molar-refractivity contribution in [3.05, 3.63) is 42.7 Å². The zero-order valence-electron chi connectivity index (χ0n) is 12.5. The third-order valence-corrected chi connectivity index (χ3v) is 2.69. The van der Waals surface area contributed by atoms with E-state index in [1.807, 2.05) is 44.7 Å². The van der Waals surface area contributed by atoms with Crippen molar-refractivity contribution < 1.29 is 31.1 Å². The van der Waals surface area contributed by atoms with Crippen LogP contribution in [0.25, 0.3) is 0 Å². The lowest BCUT2D eigenvalue weighted by atomic mass is 10.4. The quantitative estimate of drug-likeness (QED) is 0.400. The van der Waals surface area contributed by atoms with E-state index in [9.17, 15) is 4.79 Å². The minimum atomic E-state index is -0.284. The number of halogens is 1. The molecule has 0 spiro atoms. The number of esters is 1. The zero-order valence-corrected chi connectivity index (χ0v) is 14.1. The summed E-state index contributed by atoms with van der Waals surface area (Å²) >= 11 is 0. The number of pyridine rings is 1. The summed E-state index contributed by atoms with van der Waals surface area (Å²) < 4.78 is 6.94. The molecule has 0 saturated heterocycles. The van der Waals surface area contributed by atoms with Crippen LogP contribution in [0.4, 0.5) is 5.95 Å². The summed E-state index contributed by atoms with van der Waals surface area (Å²) in [6, 6.07) is 5.62. The van der Waals surface area contributed by atoms with Crippen molar-refractivity contribution in [2.75, 3.05) is 25.6 Å². The summed E-state index contributed by atoms with van der Waals surface area (Å²) in [4.78, 5) is 25.8. The lowest BCUT2D eigenvalue weighted by Crippen LogP contribution is -3.00. The van der Waals surface area contributed by atoms with E-state index in [0.717, 1.165) is 0 Å². The lowest BCUT2D eigenvalue weighted by Gasteiger charge is -2.09. The Morgan fingerprint density at radius 3 is 2.64 bits per heavy atom. The Hall–Kier alpha value is -2.09. The van der Waals surface area contributed by atoms with Crippen molar-refractivity contribution in [1.29, 1.82) is 0 Å². The van der Waals surface area contributed by atoms with Gasteiger partial charge in [0.05, 0.1) is 6.61 Å². The molecule has 2 aromatic rings. The Morgan fingerprint density at radius 2 is 1.95 bits per heavy atom. The highest BCUT2D eigenvalue weighted by atomic mass is 79.9. The summed E-state index contributed by atoms with van der Waals surface area (Å²) in [5.74, 6) is 0.910. The van der Waals surface area contributed by atoms with E-state index < -0.39 is 0 Å². The largest absolute Gasteiger partial charge is 1.00 e. The highest BCUT2D eigenvalue weighted by Gasteiger charge is 2.10. The first-order valence-corrected chi connectivity index (χ1v) is 6.60. The van der Waals surface area contributed by atoms with Gasteiger partial charge in [-0.1, -0.05) is 6.07 Å². The topological polar surface area (TPSA) is 72.1 Å². The molecule has 0 bridgehead atoms. The fourth-order valence-electron chi connectivity index (χ4n) is 1.65. The molecule has 0 aliphatic carbocycles. The normalized spacial score (nSPS) is 9.73. The van der Waals surface area contributed by atoms with E-state index >= 15 is 0 Å². The van der Waals surface area contributed by atoms with E-state index in [-0.39, 0.29) is 36.1 Å². The van der Waals surface area contributed by atoms with Crippen LogP contribution in [0.2, 0.25) is 0 Å². The summed E-state index contributed by atoms with van der Waals surface area (Å²) in [5, 5.41) is 0. The number of nitrogens with zero attached hydrogens (tertiary/aromatic N) is 5. The van der Waals surface area contributed by atoms with Crippen LogP contribution >= 0.6 is 0 Å². The minimum absolute atomic E-state index is 0. The number of ether oxygens (including phenoxy) is 1. The van der Waals surface area contributed by atoms with Crippen molar-refractivity contribution in [2.24, 2.45) is 0 Å². The second-order valence-electron chi connectivity index (χ2n) is 4.61. The molecule has 8 heteroatoms. The molecule has 2 aromatic heterocycles. The molecular formula is C14H18BrN5O2. The average molecular weight is 368 g/mol. The molecule has 22 heavy (non-hydrogen) atoms. The molecule has 2 heterocycles. The van der Waals surface area contributed by atoms with Crippen LogP contribution in [0.1, 0.15) is 5.82 Å². The standard InChI is InChI=1S/C14H18N5O2.BrH/c1-18(2)14-16-11-15-12(17-14)6-9-21-13(20)10-19-7-4-3-5-8-19;/h3-5,7-8,11H,6,9-10H2,1-2H3;1H/q+1;/p-1. The first-order valence-electron chi connectivity index (χ1n) is 6.60. The number of aromatic nitrogens is 4. The van der Waals surface area contributed by atoms with E-state index in [4.69, 9.17) is 4.74 Å². The molecule has 0 saturated carbocycles. The zero-order chi connectivity index (χ0) is 15.1. The van der Waals surface area contributed by atoms with Gasteiger partial charge in [-0.05, 0) is 0 Å². The predicted octanol–water partition coefficient (Wildman–Crippen LogP) is -2.98. The Labute approximate surface area is 139 Å². The van der Waals surface area contributed by atoms with Crippen LogP contribution in [-0.4, -0.2) is 41.6 Å². The summed E-state index contributed by atoms with van der Waals surface area (Å²) in [7, 11) is 3.71. The van der Waals surface area contributed by atoms with Crippen LogP contribution in [0.3, 0.4) is 0 Å². The molecule has 0 unspecified atom stereocenters. The fourth-order valence-corrected chi connectivity index (χ4v) is 1.65. The van der Waals surface area contributed by atoms with Crippen LogP contribution < -0.4 is 26.4 Å². The molecule has 0 amide bonds. The maximum Gasteiger partial charge on any atom is 0.372 e. The van der Waals surface area contributed by atoms with Crippen LogP contribution in [0.5, 0.6) is 0 Å². The monoisotopic (exact) mass is 367 g/mol. The highest BCUT2D eigenvalue weighted by molar-refractivity contribution is 5.67. The maximum atomic E-state index is 11.7. The summed E-state index contributed by atoms with van der Waals surface area (Å²) in [6.45, 7) is 0.449. The Balaban J connectivity index is 0.00000242. The molecule has 7 nitrogen and oxygen atoms in total. The highest BCUT2D eigenvalue weighted by Crippen LogP contribution is 2.01. The number of carbonyl (C=O) groups is 1. The van der Waals surface area contributed by atoms with Gasteiger partial charge < -0.3 is 26.6 Å². The smallest absolute Gasteiger partial charge is 0.372 e. The van der Waals surface area contributed by atoms with Gasteiger partial charge in [-0.25, -0.2) is 14.8 Å². The van der Waals surface area contributed by atoms with E-state index in [0.29, 0.717) is 18.2 Å². The fraction of sp³-hybridized carbons (Fsp3) is 0.357. The third kappa shape index (κ3) is 5.72. The van der Waals surface area contributed by atoms with E-state index in [1.54, 1.807) is 9.47 Å². The summed E-state index contributed by atoms with van der Waals surface area (Å²) in [6.07, 6.45) is 5.56. The Morgan fingerprint density at radius 1 is 1.23 bits per heavy atom. The number of hydrogen-bond acceptors (Lipinski definition) is 6. The average Bonchev–Trinajstić information content (AvgIpc) is 2.48. The Kier molecular flexibility index (Phi) is 7.38. The van der Waals surface area contributed by atoms with Crippen molar-refractivity contribution in [1.82, 2.24) is 15.0 Å². The molecule has 0 aromatic carbocycles. The van der Waals surface area contributed by atoms with Gasteiger partial charge in [0, 0.05) is 32.6 Å². The van der Waals surface area contributed by atoms with Gasteiger partial charge in [0.15, 0.2) is 12.4 Å². The first-order chi connectivity index (χ1) is 10.1. The summed E-state index contributed by atoms with van der Waals surface area (Å²) in [5.41, 5.74) is 0. The lowest BCUT2D eigenvalue weighted by molar-refractivity contribution is -0.686. The minimum Gasteiger partial charge on any atom is -1.00 e. The van der Waals surface area contributed by atoms with Gasteiger partial charge in [0.2, 0.25) is 12.5 Å². The van der Waals surface area contributed by atoms with Crippen LogP contribution in [0, 0.1) is 0 Å². The molecule has 0 radical (unpaired) electrons. The number of rotatable bonds is 6. The molecule has 0 aliphatic rings. The van der Waals surface area contributed by atoms with Crippen molar-refractivity contribution in [2.45, 2.75) is 13.0 Å². The molecule has 0 atom stereocenters. The van der Waals surface area contributed by atoms with Gasteiger partial charge in [0.25, 0.3) is 0 Å². The van der Waals surface area contributed by atoms with Crippen molar-refractivity contribution in [3.63, 3.8) is 0 Å². The molecule has 2 rings (SSSR count). The van der Waals surface area contributed by atoms with Crippen LogP contribution in [0.15, 0.2) is 36.9 Å². The van der Waals surface area contributed by atoms with Gasteiger partial charge in [0.1, 0.15) is 12.2 Å². The van der Waals surface area contributed by atoms with E-state index in [2.05, 4.69) is 15.0 Å². The van der Waals surface area contributed by atoms with Crippen LogP contribution in [-0.2, 0) is 22.5 Å². The second-order valence-corrected chi connectivity index (χ2v) is 4.61. The number of carbonyl (C=O) groups excluding carboxylic acids is 1. The van der Waals surface area contributed by atoms with Gasteiger partial charge >= 0.3 is 5.97 Å². The van der Waals surface area contributed by atoms with Crippen molar-refractivity contribution in [3.8, 4) is 0 Å².